The number of aromatic nitrogens is 3. The van der Waals surface area contributed by atoms with Crippen LogP contribution in [0.15, 0.2) is 27.5 Å². The molecule has 0 unspecified atom stereocenters. The van der Waals surface area contributed by atoms with E-state index in [2.05, 4.69) is 10.2 Å². The molecule has 2 N–H and O–H groups in total. The van der Waals surface area contributed by atoms with Crippen molar-refractivity contribution in [3.63, 3.8) is 0 Å². The summed E-state index contributed by atoms with van der Waals surface area (Å²) in [5, 5.41) is 9.10. The van der Waals surface area contributed by atoms with Gasteiger partial charge in [0.2, 0.25) is 5.13 Å². The van der Waals surface area contributed by atoms with Crippen molar-refractivity contribution in [2.45, 2.75) is 17.3 Å². The monoisotopic (exact) mass is 311 g/mol. The van der Waals surface area contributed by atoms with E-state index in [1.54, 1.807) is 39.9 Å². The molecule has 108 valence electrons. The molecule has 0 amide bonds. The highest BCUT2D eigenvalue weighted by molar-refractivity contribution is 8.01. The van der Waals surface area contributed by atoms with E-state index < -0.39 is 0 Å². The van der Waals surface area contributed by atoms with Gasteiger partial charge in [0.25, 0.3) is 5.56 Å². The predicted molar refractivity (Wildman–Crippen MR) is 84.7 cm³/mol. The van der Waals surface area contributed by atoms with Crippen LogP contribution in [0.5, 0.6) is 0 Å². The number of nitrogen functional groups attached to an aromatic ring is 1. The fourth-order valence-electron chi connectivity index (χ4n) is 1.56. The lowest BCUT2D eigenvalue weighted by atomic mass is 10.4. The number of pyridine rings is 1. The third-order valence-corrected chi connectivity index (χ3v) is 4.86. The molecule has 0 radical (unpaired) electrons. The molecule has 0 atom stereocenters. The van der Waals surface area contributed by atoms with Crippen molar-refractivity contribution in [2.75, 3.05) is 30.5 Å². The maximum atomic E-state index is 11.6. The lowest BCUT2D eigenvalue weighted by Gasteiger charge is -2.05. The van der Waals surface area contributed by atoms with Crippen LogP contribution in [0.3, 0.4) is 0 Å². The van der Waals surface area contributed by atoms with Crippen LogP contribution in [0, 0.1) is 0 Å². The van der Waals surface area contributed by atoms with Gasteiger partial charge in [-0.05, 0) is 12.5 Å². The van der Waals surface area contributed by atoms with Crippen molar-refractivity contribution in [2.24, 2.45) is 0 Å². The Bertz CT molecular complexity index is 622. The van der Waals surface area contributed by atoms with Crippen molar-refractivity contribution in [3.8, 4) is 0 Å². The predicted octanol–water partition coefficient (Wildman–Crippen LogP) is 1.53. The number of nitrogens with two attached hydrogens (primary N) is 1. The second-order valence-corrected chi connectivity index (χ2v) is 6.74. The average molecular weight is 311 g/mol. The van der Waals surface area contributed by atoms with Gasteiger partial charge in [-0.3, -0.25) is 4.79 Å². The molecule has 0 aliphatic carbocycles. The number of nitrogens with zero attached hydrogens (tertiary/aromatic N) is 4. The maximum Gasteiger partial charge on any atom is 0.250 e. The molecule has 6 nitrogen and oxygen atoms in total. The summed E-state index contributed by atoms with van der Waals surface area (Å²) in [4.78, 5) is 13.5. The molecule has 8 heteroatoms. The zero-order valence-electron chi connectivity index (χ0n) is 11.4. The summed E-state index contributed by atoms with van der Waals surface area (Å²) >= 11 is 3.23. The van der Waals surface area contributed by atoms with Gasteiger partial charge >= 0.3 is 0 Å². The van der Waals surface area contributed by atoms with E-state index in [0.29, 0.717) is 12.2 Å². The molecule has 0 spiro atoms. The Labute approximate surface area is 125 Å². The van der Waals surface area contributed by atoms with Crippen LogP contribution in [0.1, 0.15) is 6.42 Å². The van der Waals surface area contributed by atoms with E-state index in [4.69, 9.17) is 5.73 Å². The van der Waals surface area contributed by atoms with E-state index in [1.165, 1.54) is 6.07 Å². The molecule has 0 bridgehead atoms. The Kier molecular flexibility index (Phi) is 5.02. The van der Waals surface area contributed by atoms with Crippen LogP contribution in [0.4, 0.5) is 10.8 Å². The molecule has 0 saturated carbocycles. The second kappa shape index (κ2) is 6.76. The van der Waals surface area contributed by atoms with Gasteiger partial charge < -0.3 is 15.2 Å². The Morgan fingerprint density at radius 1 is 1.40 bits per heavy atom. The van der Waals surface area contributed by atoms with Crippen molar-refractivity contribution in [3.05, 3.63) is 28.7 Å². The number of aryl methyl sites for hydroxylation is 1. The fraction of sp³-hybridized carbons (Fsp3) is 0.417. The van der Waals surface area contributed by atoms with Crippen LogP contribution in [-0.4, -0.2) is 34.6 Å². The van der Waals surface area contributed by atoms with Gasteiger partial charge in [0.1, 0.15) is 0 Å². The van der Waals surface area contributed by atoms with Gasteiger partial charge in [-0.1, -0.05) is 23.1 Å². The minimum atomic E-state index is -0.0185. The van der Waals surface area contributed by atoms with E-state index >= 15 is 0 Å². The molecular weight excluding hydrogens is 294 g/mol. The van der Waals surface area contributed by atoms with Crippen LogP contribution in [-0.2, 0) is 6.54 Å². The SMILES string of the molecule is CN(C)c1nnc(SCCCn2cc(N)ccc2=O)s1. The summed E-state index contributed by atoms with van der Waals surface area (Å²) in [7, 11) is 3.89. The summed E-state index contributed by atoms with van der Waals surface area (Å²) < 4.78 is 2.59. The summed E-state index contributed by atoms with van der Waals surface area (Å²) in [5.41, 5.74) is 6.26. The third-order valence-electron chi connectivity index (χ3n) is 2.55. The Hall–Kier alpha value is -1.54. The first-order valence-corrected chi connectivity index (χ1v) is 7.96. The smallest absolute Gasteiger partial charge is 0.250 e. The minimum absolute atomic E-state index is 0.0185. The Morgan fingerprint density at radius 2 is 2.20 bits per heavy atom. The van der Waals surface area contributed by atoms with E-state index in [0.717, 1.165) is 21.6 Å². The summed E-state index contributed by atoms with van der Waals surface area (Å²) in [5.74, 6) is 0.892. The van der Waals surface area contributed by atoms with Crippen molar-refractivity contribution < 1.29 is 0 Å². The van der Waals surface area contributed by atoms with Gasteiger partial charge in [-0.2, -0.15) is 0 Å². The standard InChI is InChI=1S/C12H17N5OS2/c1-16(2)11-14-15-12(20-11)19-7-3-6-17-8-9(13)4-5-10(17)18/h4-5,8H,3,6-7,13H2,1-2H3. The topological polar surface area (TPSA) is 77.0 Å². The molecule has 0 aliphatic rings. The molecule has 2 rings (SSSR count). The second-order valence-electron chi connectivity index (χ2n) is 4.44. The number of hydrogen-bond donors (Lipinski definition) is 1. The zero-order valence-corrected chi connectivity index (χ0v) is 13.1. The van der Waals surface area contributed by atoms with Crippen LogP contribution in [0.25, 0.3) is 0 Å². The lowest BCUT2D eigenvalue weighted by molar-refractivity contribution is 0.660. The number of anilines is 2. The number of hydrogen-bond acceptors (Lipinski definition) is 7. The quantitative estimate of drug-likeness (QED) is 0.644. The van der Waals surface area contributed by atoms with Gasteiger partial charge in [-0.25, -0.2) is 0 Å². The van der Waals surface area contributed by atoms with Gasteiger partial charge in [0.05, 0.1) is 0 Å². The van der Waals surface area contributed by atoms with E-state index in [-0.39, 0.29) is 5.56 Å². The van der Waals surface area contributed by atoms with Gasteiger partial charge in [-0.15, -0.1) is 10.2 Å². The van der Waals surface area contributed by atoms with Gasteiger partial charge in [0, 0.05) is 44.3 Å². The van der Waals surface area contributed by atoms with Crippen molar-refractivity contribution in [1.82, 2.24) is 14.8 Å². The summed E-state index contributed by atoms with van der Waals surface area (Å²) in [6.07, 6.45) is 2.56. The van der Waals surface area contributed by atoms with E-state index in [1.807, 2.05) is 19.0 Å². The number of rotatable bonds is 6. The zero-order chi connectivity index (χ0) is 14.5. The van der Waals surface area contributed by atoms with Crippen LogP contribution < -0.4 is 16.2 Å². The molecule has 0 aromatic carbocycles. The van der Waals surface area contributed by atoms with Crippen LogP contribution >= 0.6 is 23.1 Å². The third kappa shape index (κ3) is 3.97. The molecular formula is C12H17N5OS2. The molecule has 2 aromatic heterocycles. The molecule has 2 aromatic rings. The lowest BCUT2D eigenvalue weighted by Crippen LogP contribution is -2.19. The van der Waals surface area contributed by atoms with Crippen molar-refractivity contribution >= 4 is 33.9 Å². The maximum absolute atomic E-state index is 11.6. The largest absolute Gasteiger partial charge is 0.398 e. The average Bonchev–Trinajstić information content (AvgIpc) is 2.87. The van der Waals surface area contributed by atoms with Crippen molar-refractivity contribution in [1.29, 1.82) is 0 Å². The molecule has 2 heterocycles. The number of thioether (sulfide) groups is 1. The first-order chi connectivity index (χ1) is 9.56. The first-order valence-electron chi connectivity index (χ1n) is 6.16. The highest BCUT2D eigenvalue weighted by atomic mass is 32.2. The Balaban J connectivity index is 1.81. The highest BCUT2D eigenvalue weighted by Gasteiger charge is 2.06. The molecule has 20 heavy (non-hydrogen) atoms. The molecule has 0 saturated heterocycles. The Morgan fingerprint density at radius 3 is 2.90 bits per heavy atom. The first kappa shape index (κ1) is 14.9. The van der Waals surface area contributed by atoms with Crippen LogP contribution in [0.2, 0.25) is 0 Å². The molecule has 0 fully saturated rings. The highest BCUT2D eigenvalue weighted by Crippen LogP contribution is 2.27. The fourth-order valence-corrected chi connectivity index (χ4v) is 3.32. The normalized spacial score (nSPS) is 10.7. The minimum Gasteiger partial charge on any atom is -0.398 e. The summed E-state index contributed by atoms with van der Waals surface area (Å²) in [6.45, 7) is 0.663. The summed E-state index contributed by atoms with van der Waals surface area (Å²) in [6, 6.07) is 3.12. The van der Waals surface area contributed by atoms with Gasteiger partial charge in [0.15, 0.2) is 4.34 Å². The van der Waals surface area contributed by atoms with E-state index in [9.17, 15) is 4.79 Å². The molecule has 0 aliphatic heterocycles.